The van der Waals surface area contributed by atoms with Crippen molar-refractivity contribution in [3.05, 3.63) is 53.3 Å². The van der Waals surface area contributed by atoms with E-state index in [2.05, 4.69) is 25.6 Å². The third-order valence-electron chi connectivity index (χ3n) is 4.58. The van der Waals surface area contributed by atoms with Gasteiger partial charge in [0.1, 0.15) is 12.1 Å². The van der Waals surface area contributed by atoms with Crippen molar-refractivity contribution in [3.8, 4) is 22.6 Å². The van der Waals surface area contributed by atoms with Crippen molar-refractivity contribution < 1.29 is 18.0 Å². The third-order valence-corrected chi connectivity index (χ3v) is 4.58. The van der Waals surface area contributed by atoms with Crippen LogP contribution in [0.5, 0.6) is 0 Å². The second-order valence-electron chi connectivity index (χ2n) is 6.31. The van der Waals surface area contributed by atoms with E-state index in [-0.39, 0.29) is 5.56 Å². The SMILES string of the molecule is CCc1ccc(C(F)(F)F)cc1-c1[nH]c(-c2cc(NC)ncn2)cc1C(=O)NC. The maximum Gasteiger partial charge on any atom is 0.416 e. The first-order chi connectivity index (χ1) is 13.8. The fourth-order valence-corrected chi connectivity index (χ4v) is 3.05. The van der Waals surface area contributed by atoms with Crippen molar-refractivity contribution in [3.63, 3.8) is 0 Å². The van der Waals surface area contributed by atoms with Gasteiger partial charge in [-0.1, -0.05) is 13.0 Å². The van der Waals surface area contributed by atoms with Gasteiger partial charge in [0.05, 0.1) is 28.2 Å². The summed E-state index contributed by atoms with van der Waals surface area (Å²) in [6.07, 6.45) is -2.62. The largest absolute Gasteiger partial charge is 0.416 e. The molecule has 0 atom stereocenters. The molecule has 6 nitrogen and oxygen atoms in total. The highest BCUT2D eigenvalue weighted by molar-refractivity contribution is 6.02. The Morgan fingerprint density at radius 2 is 1.90 bits per heavy atom. The van der Waals surface area contributed by atoms with Gasteiger partial charge in [-0.15, -0.1) is 0 Å². The number of carbonyl (C=O) groups excluding carboxylic acids is 1. The molecule has 29 heavy (non-hydrogen) atoms. The second kappa shape index (κ2) is 7.94. The van der Waals surface area contributed by atoms with Crippen molar-refractivity contribution >= 4 is 11.7 Å². The fourth-order valence-electron chi connectivity index (χ4n) is 3.05. The summed E-state index contributed by atoms with van der Waals surface area (Å²) in [7, 11) is 3.17. The van der Waals surface area contributed by atoms with Crippen molar-refractivity contribution in [1.29, 1.82) is 0 Å². The number of H-pyrrole nitrogens is 1. The van der Waals surface area contributed by atoms with E-state index in [9.17, 15) is 18.0 Å². The molecule has 0 spiro atoms. The highest BCUT2D eigenvalue weighted by Crippen LogP contribution is 2.36. The lowest BCUT2D eigenvalue weighted by Gasteiger charge is -2.13. The lowest BCUT2D eigenvalue weighted by molar-refractivity contribution is -0.137. The predicted octanol–water partition coefficient (Wildman–Crippen LogP) is 4.12. The number of nitrogens with zero attached hydrogens (tertiary/aromatic N) is 2. The van der Waals surface area contributed by atoms with E-state index < -0.39 is 17.6 Å². The first-order valence-electron chi connectivity index (χ1n) is 8.94. The van der Waals surface area contributed by atoms with Gasteiger partial charge >= 0.3 is 6.18 Å². The molecule has 1 aromatic carbocycles. The summed E-state index contributed by atoms with van der Waals surface area (Å²) in [5.74, 6) is 0.158. The maximum absolute atomic E-state index is 13.3. The standard InChI is InChI=1S/C20H20F3N5O/c1-4-11-5-6-12(20(21,22)23)7-13(11)18-14(19(29)25-3)8-16(28-18)15-9-17(24-2)27-10-26-15/h5-10,28H,4H2,1-3H3,(H,25,29)(H,24,26,27). The summed E-state index contributed by atoms with van der Waals surface area (Å²) in [4.78, 5) is 23.8. The van der Waals surface area contributed by atoms with Crippen LogP contribution in [0, 0.1) is 0 Å². The number of alkyl halides is 3. The highest BCUT2D eigenvalue weighted by atomic mass is 19.4. The highest BCUT2D eigenvalue weighted by Gasteiger charge is 2.31. The first kappa shape index (κ1) is 20.4. The van der Waals surface area contributed by atoms with E-state index in [1.807, 2.05) is 6.92 Å². The van der Waals surface area contributed by atoms with Crippen LogP contribution in [-0.2, 0) is 12.6 Å². The van der Waals surface area contributed by atoms with Crippen LogP contribution in [0.3, 0.4) is 0 Å². The van der Waals surface area contributed by atoms with Crippen LogP contribution in [0.2, 0.25) is 0 Å². The Bertz CT molecular complexity index is 1040. The number of anilines is 1. The molecule has 3 N–H and O–H groups in total. The number of aromatic nitrogens is 3. The number of carbonyl (C=O) groups is 1. The summed E-state index contributed by atoms with van der Waals surface area (Å²) in [6, 6.07) is 6.82. The molecule has 9 heteroatoms. The number of benzene rings is 1. The van der Waals surface area contributed by atoms with E-state index in [0.29, 0.717) is 40.4 Å². The summed E-state index contributed by atoms with van der Waals surface area (Å²) < 4.78 is 39.9. The molecule has 0 aliphatic carbocycles. The van der Waals surface area contributed by atoms with E-state index in [1.54, 1.807) is 19.2 Å². The van der Waals surface area contributed by atoms with Crippen molar-refractivity contribution in [2.45, 2.75) is 19.5 Å². The van der Waals surface area contributed by atoms with Crippen LogP contribution in [0.25, 0.3) is 22.6 Å². The molecule has 152 valence electrons. The van der Waals surface area contributed by atoms with Gasteiger partial charge in [0.15, 0.2) is 0 Å². The van der Waals surface area contributed by atoms with Crippen LogP contribution < -0.4 is 10.6 Å². The van der Waals surface area contributed by atoms with Gasteiger partial charge in [-0.3, -0.25) is 4.79 Å². The predicted molar refractivity (Wildman–Crippen MR) is 105 cm³/mol. The molecular formula is C20H20F3N5O. The van der Waals surface area contributed by atoms with Crippen LogP contribution >= 0.6 is 0 Å². The molecule has 3 rings (SSSR count). The Morgan fingerprint density at radius 1 is 1.14 bits per heavy atom. The number of halogens is 3. The smallest absolute Gasteiger partial charge is 0.373 e. The van der Waals surface area contributed by atoms with Crippen molar-refractivity contribution in [2.24, 2.45) is 0 Å². The molecule has 0 saturated carbocycles. The van der Waals surface area contributed by atoms with Gasteiger partial charge in [0, 0.05) is 25.7 Å². The number of hydrogen-bond donors (Lipinski definition) is 3. The number of nitrogens with one attached hydrogen (secondary N) is 3. The zero-order valence-electron chi connectivity index (χ0n) is 16.1. The van der Waals surface area contributed by atoms with Gasteiger partial charge in [0.2, 0.25) is 0 Å². The minimum Gasteiger partial charge on any atom is -0.373 e. The number of rotatable bonds is 5. The van der Waals surface area contributed by atoms with Crippen LogP contribution in [0.1, 0.15) is 28.4 Å². The summed E-state index contributed by atoms with van der Waals surface area (Å²) in [5, 5.41) is 5.43. The van der Waals surface area contributed by atoms with Crippen LogP contribution in [0.4, 0.5) is 19.0 Å². The summed E-state index contributed by atoms with van der Waals surface area (Å²) >= 11 is 0. The average molecular weight is 403 g/mol. The van der Waals surface area contributed by atoms with E-state index >= 15 is 0 Å². The first-order valence-corrected chi connectivity index (χ1v) is 8.94. The Labute approximate surface area is 165 Å². The fraction of sp³-hybridized carbons (Fsp3) is 0.250. The van der Waals surface area contributed by atoms with Crippen molar-refractivity contribution in [1.82, 2.24) is 20.3 Å². The van der Waals surface area contributed by atoms with Gasteiger partial charge in [-0.25, -0.2) is 9.97 Å². The minimum atomic E-state index is -4.49. The minimum absolute atomic E-state index is 0.237. The second-order valence-corrected chi connectivity index (χ2v) is 6.31. The Balaban J connectivity index is 2.23. The average Bonchev–Trinajstić information content (AvgIpc) is 3.17. The number of amides is 1. The Hall–Kier alpha value is -3.36. The van der Waals surface area contributed by atoms with Crippen LogP contribution in [0.15, 0.2) is 36.7 Å². The molecule has 3 aromatic rings. The normalized spacial score (nSPS) is 11.4. The van der Waals surface area contributed by atoms with E-state index in [0.717, 1.165) is 12.1 Å². The van der Waals surface area contributed by atoms with Gasteiger partial charge in [-0.2, -0.15) is 13.2 Å². The Morgan fingerprint density at radius 3 is 2.52 bits per heavy atom. The Kier molecular flexibility index (Phi) is 5.58. The van der Waals surface area contributed by atoms with E-state index in [1.165, 1.54) is 19.4 Å². The topological polar surface area (TPSA) is 82.7 Å². The molecule has 0 unspecified atom stereocenters. The van der Waals surface area contributed by atoms with Gasteiger partial charge in [0.25, 0.3) is 5.91 Å². The zero-order valence-corrected chi connectivity index (χ0v) is 16.1. The van der Waals surface area contributed by atoms with Crippen molar-refractivity contribution in [2.75, 3.05) is 19.4 Å². The van der Waals surface area contributed by atoms with Crippen LogP contribution in [-0.4, -0.2) is 35.0 Å². The molecule has 0 saturated heterocycles. The lowest BCUT2D eigenvalue weighted by atomic mass is 9.97. The van der Waals surface area contributed by atoms with Gasteiger partial charge < -0.3 is 15.6 Å². The molecular weight excluding hydrogens is 383 g/mol. The summed E-state index contributed by atoms with van der Waals surface area (Å²) in [6.45, 7) is 1.85. The number of aryl methyl sites for hydroxylation is 1. The molecule has 0 aliphatic heterocycles. The number of aromatic amines is 1. The molecule has 0 radical (unpaired) electrons. The van der Waals surface area contributed by atoms with Gasteiger partial charge in [-0.05, 0) is 30.2 Å². The monoisotopic (exact) mass is 403 g/mol. The molecule has 2 aromatic heterocycles. The molecule has 0 fully saturated rings. The maximum atomic E-state index is 13.3. The quantitative estimate of drug-likeness (QED) is 0.599. The molecule has 0 bridgehead atoms. The zero-order chi connectivity index (χ0) is 21.2. The summed E-state index contributed by atoms with van der Waals surface area (Å²) in [5.41, 5.74) is 1.80. The van der Waals surface area contributed by atoms with E-state index in [4.69, 9.17) is 0 Å². The molecule has 1 amide bonds. The lowest BCUT2D eigenvalue weighted by Crippen LogP contribution is -2.18. The molecule has 0 aliphatic rings. The number of hydrogen-bond acceptors (Lipinski definition) is 4. The molecule has 2 heterocycles. The third kappa shape index (κ3) is 4.08.